The Balaban J connectivity index is 2.18. The summed E-state index contributed by atoms with van der Waals surface area (Å²) >= 11 is 0. The molecular weight excluding hydrogens is 499 g/mol. The predicted octanol–water partition coefficient (Wildman–Crippen LogP) is 4.49. The second kappa shape index (κ2) is 9.37. The van der Waals surface area contributed by atoms with Crippen LogP contribution in [-0.4, -0.2) is 38.6 Å². The van der Waals surface area contributed by atoms with E-state index in [1.807, 2.05) is 0 Å². The third kappa shape index (κ3) is 5.90. The molecule has 0 saturated carbocycles. The van der Waals surface area contributed by atoms with Gasteiger partial charge in [-0.1, -0.05) is 18.2 Å². The van der Waals surface area contributed by atoms with Gasteiger partial charge in [0.1, 0.15) is 11.4 Å². The van der Waals surface area contributed by atoms with Crippen LogP contribution in [0.15, 0.2) is 59.4 Å². The van der Waals surface area contributed by atoms with Gasteiger partial charge in [-0.25, -0.2) is 4.39 Å². The summed E-state index contributed by atoms with van der Waals surface area (Å²) in [6, 6.07) is 5.76. The third-order valence-corrected chi connectivity index (χ3v) is 5.03. The highest BCUT2D eigenvalue weighted by atomic mass is 19.4. The van der Waals surface area contributed by atoms with Gasteiger partial charge in [0, 0.05) is 5.56 Å². The van der Waals surface area contributed by atoms with E-state index in [0.29, 0.717) is 16.8 Å². The predicted molar refractivity (Wildman–Crippen MR) is 114 cm³/mol. The number of carbonyl (C=O) groups excluding carboxylic acids is 1. The minimum absolute atomic E-state index is 0.0166. The average Bonchev–Trinajstić information content (AvgIpc) is 2.75. The molecule has 0 aliphatic rings. The first kappa shape index (κ1) is 26.9. The van der Waals surface area contributed by atoms with Crippen LogP contribution in [0.5, 0.6) is 0 Å². The van der Waals surface area contributed by atoms with Crippen molar-refractivity contribution in [2.45, 2.75) is 37.8 Å². The van der Waals surface area contributed by atoms with Crippen LogP contribution in [0.3, 0.4) is 0 Å². The summed E-state index contributed by atoms with van der Waals surface area (Å²) in [6.45, 7) is 1.60. The Bertz CT molecular complexity index is 1310. The van der Waals surface area contributed by atoms with Gasteiger partial charge in [-0.3, -0.25) is 9.59 Å². The number of amides is 1. The number of hydrogen-bond acceptors (Lipinski definition) is 4. The highest BCUT2D eigenvalue weighted by Gasteiger charge is 2.49. The lowest BCUT2D eigenvalue weighted by atomic mass is 9.98. The van der Waals surface area contributed by atoms with E-state index in [2.05, 4.69) is 5.10 Å². The molecule has 0 aliphatic carbocycles. The van der Waals surface area contributed by atoms with E-state index in [1.54, 1.807) is 5.32 Å². The maximum absolute atomic E-state index is 13.8. The molecular formula is C23H18F7N3O3. The van der Waals surface area contributed by atoms with Crippen molar-refractivity contribution in [3.05, 3.63) is 81.9 Å². The summed E-state index contributed by atoms with van der Waals surface area (Å²) in [7, 11) is 0. The molecule has 1 heterocycles. The van der Waals surface area contributed by atoms with E-state index in [-0.39, 0.29) is 16.9 Å². The normalized spacial score (nSPS) is 13.4. The minimum atomic E-state index is -5.10. The van der Waals surface area contributed by atoms with E-state index in [4.69, 9.17) is 0 Å². The smallest absolute Gasteiger partial charge is 0.388 e. The molecule has 2 N–H and O–H groups in total. The number of aliphatic hydroxyl groups is 1. The number of nitrogens with one attached hydrogen (secondary N) is 1. The molecule has 0 radical (unpaired) electrons. The van der Waals surface area contributed by atoms with E-state index < -0.39 is 52.4 Å². The van der Waals surface area contributed by atoms with Gasteiger partial charge in [0.15, 0.2) is 6.04 Å². The number of aromatic nitrogens is 2. The lowest BCUT2D eigenvalue weighted by Crippen LogP contribution is -2.58. The van der Waals surface area contributed by atoms with Crippen molar-refractivity contribution in [3.8, 4) is 16.9 Å². The second-order valence-electron chi connectivity index (χ2n) is 8.32. The quantitative estimate of drug-likeness (QED) is 0.489. The van der Waals surface area contributed by atoms with Gasteiger partial charge in [0.2, 0.25) is 0 Å². The monoisotopic (exact) mass is 517 g/mol. The van der Waals surface area contributed by atoms with Gasteiger partial charge in [-0.05, 0) is 50.2 Å². The standard InChI is InChI=1S/C23H18F7N3O3/c1-21(2,36)20(23(28,29)30)31-18(34)16-11-17(12-6-8-13(9-7-12)22(25,26)27)32-33(19(16)35)15-5-3-4-14(24)10-15/h3-11,20,36H,1-2H3,(H,31,34)/t20-/m1/s1. The fourth-order valence-corrected chi connectivity index (χ4v) is 3.28. The van der Waals surface area contributed by atoms with Crippen molar-refractivity contribution in [2.75, 3.05) is 0 Å². The maximum Gasteiger partial charge on any atom is 0.416 e. The van der Waals surface area contributed by atoms with E-state index >= 15 is 0 Å². The Kier molecular flexibility index (Phi) is 6.99. The molecule has 0 bridgehead atoms. The van der Waals surface area contributed by atoms with Crippen LogP contribution < -0.4 is 10.9 Å². The van der Waals surface area contributed by atoms with Gasteiger partial charge in [0.25, 0.3) is 11.5 Å². The summed E-state index contributed by atoms with van der Waals surface area (Å²) in [5, 5.41) is 15.4. The van der Waals surface area contributed by atoms with Crippen LogP contribution in [0.25, 0.3) is 16.9 Å². The molecule has 0 fully saturated rings. The van der Waals surface area contributed by atoms with Crippen LogP contribution in [0.4, 0.5) is 30.7 Å². The molecule has 1 aromatic heterocycles. The fraction of sp³-hybridized carbons (Fsp3) is 0.261. The van der Waals surface area contributed by atoms with Crippen LogP contribution in [0.1, 0.15) is 29.8 Å². The van der Waals surface area contributed by atoms with Crippen LogP contribution in [-0.2, 0) is 6.18 Å². The molecule has 36 heavy (non-hydrogen) atoms. The van der Waals surface area contributed by atoms with Crippen molar-refractivity contribution in [1.82, 2.24) is 15.1 Å². The van der Waals surface area contributed by atoms with Crippen LogP contribution in [0, 0.1) is 5.82 Å². The number of halogens is 7. The second-order valence-corrected chi connectivity index (χ2v) is 8.32. The molecule has 1 atom stereocenters. The van der Waals surface area contributed by atoms with Crippen molar-refractivity contribution >= 4 is 5.91 Å². The highest BCUT2D eigenvalue weighted by molar-refractivity contribution is 5.95. The SMILES string of the molecule is CC(C)(O)[C@@H](NC(=O)c1cc(-c2ccc(C(F)(F)F)cc2)nn(-c2cccc(F)c2)c1=O)C(F)(F)F. The van der Waals surface area contributed by atoms with Gasteiger partial charge in [-0.2, -0.15) is 36.1 Å². The summed E-state index contributed by atoms with van der Waals surface area (Å²) in [5.74, 6) is -2.34. The first-order valence-electron chi connectivity index (χ1n) is 10.2. The molecule has 13 heteroatoms. The van der Waals surface area contributed by atoms with Gasteiger partial charge in [-0.15, -0.1) is 0 Å². The Morgan fingerprint density at radius 3 is 2.11 bits per heavy atom. The summed E-state index contributed by atoms with van der Waals surface area (Å²) < 4.78 is 93.4. The zero-order chi connectivity index (χ0) is 27.1. The number of alkyl halides is 6. The average molecular weight is 517 g/mol. The molecule has 2 aromatic carbocycles. The molecule has 0 saturated heterocycles. The largest absolute Gasteiger partial charge is 0.416 e. The summed E-state index contributed by atoms with van der Waals surface area (Å²) in [6.07, 6.45) is -9.75. The lowest BCUT2D eigenvalue weighted by Gasteiger charge is -2.31. The van der Waals surface area contributed by atoms with Crippen LogP contribution in [0.2, 0.25) is 0 Å². The van der Waals surface area contributed by atoms with Gasteiger partial charge >= 0.3 is 12.4 Å². The van der Waals surface area contributed by atoms with Crippen molar-refractivity contribution in [3.63, 3.8) is 0 Å². The van der Waals surface area contributed by atoms with E-state index in [0.717, 1.165) is 44.2 Å². The Hall–Kier alpha value is -3.74. The van der Waals surface area contributed by atoms with Crippen LogP contribution >= 0.6 is 0 Å². The molecule has 3 rings (SSSR count). The van der Waals surface area contributed by atoms with Gasteiger partial charge in [0.05, 0.1) is 22.5 Å². The van der Waals surface area contributed by atoms with Crippen molar-refractivity contribution in [1.29, 1.82) is 0 Å². The number of benzene rings is 2. The molecule has 0 unspecified atom stereocenters. The molecule has 1 amide bonds. The molecule has 0 aliphatic heterocycles. The highest BCUT2D eigenvalue weighted by Crippen LogP contribution is 2.31. The third-order valence-electron chi connectivity index (χ3n) is 5.03. The number of nitrogens with zero attached hydrogens (tertiary/aromatic N) is 2. The molecule has 3 aromatic rings. The first-order valence-corrected chi connectivity index (χ1v) is 10.2. The maximum atomic E-state index is 13.8. The molecule has 6 nitrogen and oxygen atoms in total. The van der Waals surface area contributed by atoms with Crippen molar-refractivity contribution in [2.24, 2.45) is 0 Å². The Labute approximate surface area is 199 Å². The lowest BCUT2D eigenvalue weighted by molar-refractivity contribution is -0.192. The number of hydrogen-bond donors (Lipinski definition) is 2. The topological polar surface area (TPSA) is 84.2 Å². The summed E-state index contributed by atoms with van der Waals surface area (Å²) in [4.78, 5) is 25.8. The Morgan fingerprint density at radius 2 is 1.61 bits per heavy atom. The van der Waals surface area contributed by atoms with E-state index in [1.165, 1.54) is 12.1 Å². The first-order chi connectivity index (χ1) is 16.5. The Morgan fingerprint density at radius 1 is 1.00 bits per heavy atom. The van der Waals surface area contributed by atoms with Crippen molar-refractivity contribution < 1.29 is 40.6 Å². The summed E-state index contributed by atoms with van der Waals surface area (Å²) in [5.41, 5.74) is -6.05. The zero-order valence-electron chi connectivity index (χ0n) is 18.6. The number of carbonyl (C=O) groups is 1. The fourth-order valence-electron chi connectivity index (χ4n) is 3.28. The molecule has 0 spiro atoms. The zero-order valence-corrected chi connectivity index (χ0v) is 18.6. The number of rotatable bonds is 5. The molecule has 192 valence electrons. The van der Waals surface area contributed by atoms with Gasteiger partial charge < -0.3 is 10.4 Å². The minimum Gasteiger partial charge on any atom is -0.388 e. The van der Waals surface area contributed by atoms with E-state index in [9.17, 15) is 45.4 Å².